The van der Waals surface area contributed by atoms with Crippen LogP contribution in [0.4, 0.5) is 0 Å². The van der Waals surface area contributed by atoms with Crippen molar-refractivity contribution in [2.75, 3.05) is 32.8 Å². The Kier molecular flexibility index (Phi) is 9.10. The Labute approximate surface area is 205 Å². The van der Waals surface area contributed by atoms with E-state index in [4.69, 9.17) is 20.9 Å². The Morgan fingerprint density at radius 1 is 1.24 bits per heavy atom. The average Bonchev–Trinajstić information content (AvgIpc) is 3.31. The van der Waals surface area contributed by atoms with Gasteiger partial charge in [-0.3, -0.25) is 14.4 Å². The Morgan fingerprint density at radius 2 is 1.94 bits per heavy atom. The van der Waals surface area contributed by atoms with Gasteiger partial charge in [-0.15, -0.1) is 0 Å². The number of halogens is 1. The molecular formula is C25H32ClN3O5. The number of likely N-dealkylation sites (tertiary alicyclic amines) is 1. The van der Waals surface area contributed by atoms with Crippen molar-refractivity contribution in [2.45, 2.75) is 40.0 Å². The van der Waals surface area contributed by atoms with Gasteiger partial charge in [0.05, 0.1) is 17.5 Å². The first-order chi connectivity index (χ1) is 16.3. The van der Waals surface area contributed by atoms with Gasteiger partial charge in [-0.05, 0) is 37.8 Å². The van der Waals surface area contributed by atoms with Crippen molar-refractivity contribution in [1.29, 1.82) is 0 Å². The molecule has 184 valence electrons. The van der Waals surface area contributed by atoms with Crippen molar-refractivity contribution in [3.8, 4) is 11.3 Å². The summed E-state index contributed by atoms with van der Waals surface area (Å²) >= 11 is 6.23. The van der Waals surface area contributed by atoms with E-state index in [-0.39, 0.29) is 48.3 Å². The maximum absolute atomic E-state index is 13.2. The average molecular weight is 490 g/mol. The fourth-order valence-electron chi connectivity index (χ4n) is 4.06. The zero-order valence-electron chi connectivity index (χ0n) is 20.0. The summed E-state index contributed by atoms with van der Waals surface area (Å²) in [5.74, 6) is -0.0202. The third-order valence-corrected chi connectivity index (χ3v) is 6.13. The van der Waals surface area contributed by atoms with Gasteiger partial charge in [-0.2, -0.15) is 0 Å². The largest absolute Gasteiger partial charge is 0.466 e. The number of rotatable bonds is 9. The molecule has 2 aromatic rings. The predicted octanol–water partition coefficient (Wildman–Crippen LogP) is 4.29. The lowest BCUT2D eigenvalue weighted by atomic mass is 9.97. The molecule has 0 unspecified atom stereocenters. The SMILES string of the molecule is CCOC(=O)C1CCN(C(=O)CCN(CC(C)C)C(=O)c2cc(-c3ccccc3Cl)on2)CC1. The molecule has 8 nitrogen and oxygen atoms in total. The van der Waals surface area contributed by atoms with E-state index >= 15 is 0 Å². The topological polar surface area (TPSA) is 93.0 Å². The quantitative estimate of drug-likeness (QED) is 0.488. The number of amides is 2. The van der Waals surface area contributed by atoms with Crippen LogP contribution in [0.25, 0.3) is 11.3 Å². The van der Waals surface area contributed by atoms with Crippen molar-refractivity contribution in [3.63, 3.8) is 0 Å². The lowest BCUT2D eigenvalue weighted by Crippen LogP contribution is -2.43. The zero-order chi connectivity index (χ0) is 24.7. The van der Waals surface area contributed by atoms with E-state index in [2.05, 4.69) is 5.16 Å². The Bertz CT molecular complexity index is 998. The van der Waals surface area contributed by atoms with Crippen LogP contribution >= 0.6 is 11.6 Å². The van der Waals surface area contributed by atoms with Gasteiger partial charge in [-0.1, -0.05) is 42.7 Å². The molecule has 0 atom stereocenters. The normalized spacial score (nSPS) is 14.3. The van der Waals surface area contributed by atoms with Crippen molar-refractivity contribution < 1.29 is 23.6 Å². The second kappa shape index (κ2) is 12.0. The standard InChI is InChI=1S/C25H32ClN3O5/c1-4-33-25(32)18-9-12-28(13-10-18)23(30)11-14-29(16-17(2)3)24(31)21-15-22(34-27-21)19-7-5-6-8-20(19)26/h5-8,15,17-18H,4,9-14,16H2,1-3H3. The van der Waals surface area contributed by atoms with E-state index < -0.39 is 0 Å². The molecule has 1 saturated heterocycles. The summed E-state index contributed by atoms with van der Waals surface area (Å²) in [6.45, 7) is 7.99. The molecule has 2 amide bonds. The van der Waals surface area contributed by atoms with Crippen molar-refractivity contribution in [2.24, 2.45) is 11.8 Å². The molecule has 34 heavy (non-hydrogen) atoms. The number of piperidine rings is 1. The molecule has 1 aliphatic rings. The highest BCUT2D eigenvalue weighted by atomic mass is 35.5. The molecular weight excluding hydrogens is 458 g/mol. The van der Waals surface area contributed by atoms with Gasteiger partial charge in [0.25, 0.3) is 5.91 Å². The van der Waals surface area contributed by atoms with Gasteiger partial charge in [0.1, 0.15) is 0 Å². The van der Waals surface area contributed by atoms with Crippen molar-refractivity contribution >= 4 is 29.4 Å². The molecule has 9 heteroatoms. The van der Waals surface area contributed by atoms with E-state index in [0.29, 0.717) is 55.4 Å². The lowest BCUT2D eigenvalue weighted by Gasteiger charge is -2.32. The van der Waals surface area contributed by atoms with Gasteiger partial charge >= 0.3 is 5.97 Å². The first kappa shape index (κ1) is 25.7. The van der Waals surface area contributed by atoms with Crippen LogP contribution in [0.2, 0.25) is 5.02 Å². The van der Waals surface area contributed by atoms with Crippen LogP contribution < -0.4 is 0 Å². The third kappa shape index (κ3) is 6.59. The maximum atomic E-state index is 13.2. The number of hydrogen-bond donors (Lipinski definition) is 0. The molecule has 0 saturated carbocycles. The molecule has 2 heterocycles. The fourth-order valence-corrected chi connectivity index (χ4v) is 4.28. The fraction of sp³-hybridized carbons (Fsp3) is 0.520. The summed E-state index contributed by atoms with van der Waals surface area (Å²) in [7, 11) is 0. The van der Waals surface area contributed by atoms with E-state index in [0.717, 1.165) is 0 Å². The molecule has 0 bridgehead atoms. The molecule has 0 spiro atoms. The summed E-state index contributed by atoms with van der Waals surface area (Å²) in [5, 5.41) is 4.46. The molecule has 0 aliphatic carbocycles. The van der Waals surface area contributed by atoms with Crippen molar-refractivity contribution in [3.05, 3.63) is 41.0 Å². The minimum Gasteiger partial charge on any atom is -0.466 e. The number of hydrogen-bond acceptors (Lipinski definition) is 6. The van der Waals surface area contributed by atoms with Crippen molar-refractivity contribution in [1.82, 2.24) is 15.0 Å². The van der Waals surface area contributed by atoms with Crippen LogP contribution in [0.5, 0.6) is 0 Å². The molecule has 1 fully saturated rings. The minimum atomic E-state index is -0.287. The number of aromatic nitrogens is 1. The second-order valence-electron chi connectivity index (χ2n) is 8.86. The Hall–Kier alpha value is -2.87. The number of ether oxygens (including phenoxy) is 1. The van der Waals surface area contributed by atoms with Gasteiger partial charge < -0.3 is 19.1 Å². The number of nitrogens with zero attached hydrogens (tertiary/aromatic N) is 3. The van der Waals surface area contributed by atoms with Crippen LogP contribution in [-0.4, -0.2) is 65.5 Å². The molecule has 1 aromatic carbocycles. The van der Waals surface area contributed by atoms with Gasteiger partial charge in [0.15, 0.2) is 11.5 Å². The number of esters is 1. The lowest BCUT2D eigenvalue weighted by molar-refractivity contribution is -0.151. The van der Waals surface area contributed by atoms with E-state index in [1.165, 1.54) is 0 Å². The summed E-state index contributed by atoms with van der Waals surface area (Å²) in [6.07, 6.45) is 1.41. The maximum Gasteiger partial charge on any atom is 0.309 e. The van der Waals surface area contributed by atoms with Crippen LogP contribution in [-0.2, 0) is 14.3 Å². The highest BCUT2D eigenvalue weighted by molar-refractivity contribution is 6.33. The number of carbonyl (C=O) groups is 3. The summed E-state index contributed by atoms with van der Waals surface area (Å²) in [6, 6.07) is 8.77. The molecule has 1 aliphatic heterocycles. The van der Waals surface area contributed by atoms with E-state index in [1.54, 1.807) is 34.9 Å². The van der Waals surface area contributed by atoms with E-state index in [9.17, 15) is 14.4 Å². The monoisotopic (exact) mass is 489 g/mol. The second-order valence-corrected chi connectivity index (χ2v) is 9.27. The summed E-state index contributed by atoms with van der Waals surface area (Å²) in [4.78, 5) is 41.3. The molecule has 1 aromatic heterocycles. The van der Waals surface area contributed by atoms with Gasteiger partial charge in [0, 0.05) is 44.2 Å². The highest BCUT2D eigenvalue weighted by Crippen LogP contribution is 2.28. The summed E-state index contributed by atoms with van der Waals surface area (Å²) in [5.41, 5.74) is 0.839. The smallest absolute Gasteiger partial charge is 0.309 e. The molecule has 0 N–H and O–H groups in total. The van der Waals surface area contributed by atoms with Gasteiger partial charge in [0.2, 0.25) is 5.91 Å². The van der Waals surface area contributed by atoms with E-state index in [1.807, 2.05) is 26.0 Å². The first-order valence-electron chi connectivity index (χ1n) is 11.8. The predicted molar refractivity (Wildman–Crippen MR) is 128 cm³/mol. The summed E-state index contributed by atoms with van der Waals surface area (Å²) < 4.78 is 10.5. The first-order valence-corrected chi connectivity index (χ1v) is 12.1. The van der Waals surface area contributed by atoms with Crippen LogP contribution in [0, 0.1) is 11.8 Å². The number of carbonyl (C=O) groups excluding carboxylic acids is 3. The number of benzene rings is 1. The Morgan fingerprint density at radius 3 is 2.59 bits per heavy atom. The minimum absolute atomic E-state index is 0.0271. The Balaban J connectivity index is 1.60. The third-order valence-electron chi connectivity index (χ3n) is 5.80. The highest BCUT2D eigenvalue weighted by Gasteiger charge is 2.29. The zero-order valence-corrected chi connectivity index (χ0v) is 20.7. The van der Waals surface area contributed by atoms with Crippen LogP contribution in [0.15, 0.2) is 34.9 Å². The molecule has 3 rings (SSSR count). The molecule has 0 radical (unpaired) electrons. The van der Waals surface area contributed by atoms with Gasteiger partial charge in [-0.25, -0.2) is 0 Å². The van der Waals surface area contributed by atoms with Crippen LogP contribution in [0.1, 0.15) is 50.5 Å². The van der Waals surface area contributed by atoms with Crippen LogP contribution in [0.3, 0.4) is 0 Å².